The molecule has 0 aliphatic carbocycles. The van der Waals surface area contributed by atoms with Crippen molar-refractivity contribution in [1.82, 2.24) is 5.32 Å². The SMILES string of the molecule is COc1ccc(/C=C(\NC(=O)OC(C)(C)C)C(=O)O)c(F)c1. The van der Waals surface area contributed by atoms with Gasteiger partial charge < -0.3 is 14.6 Å². The Morgan fingerprint density at radius 3 is 2.41 bits per heavy atom. The number of carboxylic acids is 1. The summed E-state index contributed by atoms with van der Waals surface area (Å²) in [6, 6.07) is 3.93. The molecule has 120 valence electrons. The number of halogens is 1. The molecular weight excluding hydrogens is 293 g/mol. The molecule has 1 aromatic rings. The zero-order valence-corrected chi connectivity index (χ0v) is 12.8. The number of hydrogen-bond acceptors (Lipinski definition) is 4. The Morgan fingerprint density at radius 1 is 1.32 bits per heavy atom. The first-order valence-corrected chi connectivity index (χ1v) is 6.41. The van der Waals surface area contributed by atoms with Crippen molar-refractivity contribution in [2.45, 2.75) is 26.4 Å². The average molecular weight is 311 g/mol. The number of alkyl carbamates (subject to hydrolysis) is 1. The molecule has 1 amide bonds. The van der Waals surface area contributed by atoms with Gasteiger partial charge in [-0.25, -0.2) is 14.0 Å². The Balaban J connectivity index is 3.00. The molecule has 0 aromatic heterocycles. The molecule has 22 heavy (non-hydrogen) atoms. The summed E-state index contributed by atoms with van der Waals surface area (Å²) in [6.45, 7) is 4.92. The molecule has 0 spiro atoms. The van der Waals surface area contributed by atoms with E-state index in [1.165, 1.54) is 19.2 Å². The lowest BCUT2D eigenvalue weighted by Gasteiger charge is -2.19. The molecule has 0 saturated heterocycles. The van der Waals surface area contributed by atoms with Gasteiger partial charge in [0.15, 0.2) is 0 Å². The number of rotatable bonds is 4. The highest BCUT2D eigenvalue weighted by molar-refractivity contribution is 5.95. The molecule has 0 bridgehead atoms. The maximum Gasteiger partial charge on any atom is 0.412 e. The molecule has 0 heterocycles. The quantitative estimate of drug-likeness (QED) is 0.835. The van der Waals surface area contributed by atoms with Gasteiger partial charge in [0.1, 0.15) is 22.9 Å². The summed E-state index contributed by atoms with van der Waals surface area (Å²) < 4.78 is 23.6. The minimum absolute atomic E-state index is 0.00532. The van der Waals surface area contributed by atoms with Crippen LogP contribution in [0.25, 0.3) is 6.08 Å². The molecule has 7 heteroatoms. The van der Waals surface area contributed by atoms with Crippen molar-refractivity contribution in [3.8, 4) is 5.75 Å². The van der Waals surface area contributed by atoms with Crippen molar-refractivity contribution in [2.24, 2.45) is 0 Å². The van der Waals surface area contributed by atoms with Crippen LogP contribution in [0.3, 0.4) is 0 Å². The summed E-state index contributed by atoms with van der Waals surface area (Å²) >= 11 is 0. The van der Waals surface area contributed by atoms with E-state index < -0.39 is 29.2 Å². The van der Waals surface area contributed by atoms with Crippen molar-refractivity contribution in [3.63, 3.8) is 0 Å². The lowest BCUT2D eigenvalue weighted by Crippen LogP contribution is -2.34. The summed E-state index contributed by atoms with van der Waals surface area (Å²) in [5, 5.41) is 11.2. The predicted octanol–water partition coefficient (Wildman–Crippen LogP) is 2.78. The van der Waals surface area contributed by atoms with Crippen molar-refractivity contribution < 1.29 is 28.6 Å². The normalized spacial score (nSPS) is 11.8. The molecule has 6 nitrogen and oxygen atoms in total. The summed E-state index contributed by atoms with van der Waals surface area (Å²) in [5.41, 5.74) is -1.29. The molecule has 1 rings (SSSR count). The third kappa shape index (κ3) is 5.43. The Kier molecular flexibility index (Phi) is 5.50. The summed E-state index contributed by atoms with van der Waals surface area (Å²) in [7, 11) is 1.39. The fraction of sp³-hybridized carbons (Fsp3) is 0.333. The van der Waals surface area contributed by atoms with Crippen LogP contribution in [0.5, 0.6) is 5.75 Å². The first-order chi connectivity index (χ1) is 10.1. The number of hydrogen-bond donors (Lipinski definition) is 2. The molecule has 0 aliphatic rings. The minimum atomic E-state index is -1.42. The first kappa shape index (κ1) is 17.5. The standard InChI is InChI=1S/C15H18FNO5/c1-15(2,3)22-14(20)17-12(13(18)19)7-9-5-6-10(21-4)8-11(9)16/h5-8H,1-4H3,(H,17,20)(H,18,19)/b12-7-. The van der Waals surface area contributed by atoms with Crippen LogP contribution < -0.4 is 10.1 Å². The Morgan fingerprint density at radius 2 is 1.95 bits per heavy atom. The molecule has 0 radical (unpaired) electrons. The van der Waals surface area contributed by atoms with E-state index in [2.05, 4.69) is 5.32 Å². The Bertz CT molecular complexity index is 604. The monoisotopic (exact) mass is 311 g/mol. The van der Waals surface area contributed by atoms with Crippen LogP contribution >= 0.6 is 0 Å². The van der Waals surface area contributed by atoms with E-state index in [1.807, 2.05) is 0 Å². The van der Waals surface area contributed by atoms with E-state index in [0.717, 1.165) is 12.1 Å². The van der Waals surface area contributed by atoms with Gasteiger partial charge in [0.05, 0.1) is 7.11 Å². The van der Waals surface area contributed by atoms with Gasteiger partial charge >= 0.3 is 12.1 Å². The number of aliphatic carboxylic acids is 1. The van der Waals surface area contributed by atoms with Crippen molar-refractivity contribution in [2.75, 3.05) is 7.11 Å². The smallest absolute Gasteiger partial charge is 0.412 e. The number of nitrogens with one attached hydrogen (secondary N) is 1. The van der Waals surface area contributed by atoms with Gasteiger partial charge in [0.2, 0.25) is 0 Å². The lowest BCUT2D eigenvalue weighted by atomic mass is 10.1. The van der Waals surface area contributed by atoms with Crippen molar-refractivity contribution in [1.29, 1.82) is 0 Å². The van der Waals surface area contributed by atoms with Crippen molar-refractivity contribution >= 4 is 18.1 Å². The Hall–Kier alpha value is -2.57. The number of carbonyl (C=O) groups is 2. The highest BCUT2D eigenvalue weighted by Crippen LogP contribution is 2.18. The molecule has 2 N–H and O–H groups in total. The van der Waals surface area contributed by atoms with E-state index >= 15 is 0 Å². The third-order valence-electron chi connectivity index (χ3n) is 2.37. The molecule has 0 aliphatic heterocycles. The fourth-order valence-electron chi connectivity index (χ4n) is 1.47. The molecule has 0 unspecified atom stereocenters. The molecule has 0 saturated carbocycles. The number of carbonyl (C=O) groups excluding carboxylic acids is 1. The topological polar surface area (TPSA) is 84.9 Å². The summed E-state index contributed by atoms with van der Waals surface area (Å²) in [5.74, 6) is -1.79. The second-order valence-corrected chi connectivity index (χ2v) is 5.38. The van der Waals surface area contributed by atoms with Gasteiger partial charge in [-0.1, -0.05) is 0 Å². The average Bonchev–Trinajstić information content (AvgIpc) is 2.37. The summed E-state index contributed by atoms with van der Waals surface area (Å²) in [4.78, 5) is 22.8. The first-order valence-electron chi connectivity index (χ1n) is 6.41. The van der Waals surface area contributed by atoms with Gasteiger partial charge in [-0.2, -0.15) is 0 Å². The van der Waals surface area contributed by atoms with Crippen molar-refractivity contribution in [3.05, 3.63) is 35.3 Å². The summed E-state index contributed by atoms with van der Waals surface area (Å²) in [6.07, 6.45) is 0.0659. The number of methoxy groups -OCH3 is 1. The van der Waals surface area contributed by atoms with Crippen LogP contribution in [0.4, 0.5) is 9.18 Å². The molecular formula is C15H18FNO5. The van der Waals surface area contributed by atoms with Crippen LogP contribution in [-0.4, -0.2) is 29.9 Å². The zero-order chi connectivity index (χ0) is 16.9. The molecule has 0 atom stereocenters. The van der Waals surface area contributed by atoms with Crippen LogP contribution in [-0.2, 0) is 9.53 Å². The maximum absolute atomic E-state index is 13.8. The number of benzene rings is 1. The van der Waals surface area contributed by atoms with E-state index in [0.29, 0.717) is 5.75 Å². The van der Waals surface area contributed by atoms with E-state index in [9.17, 15) is 14.0 Å². The van der Waals surface area contributed by atoms with E-state index in [-0.39, 0.29) is 5.56 Å². The van der Waals surface area contributed by atoms with Gasteiger partial charge in [-0.15, -0.1) is 0 Å². The maximum atomic E-state index is 13.8. The van der Waals surface area contributed by atoms with Gasteiger partial charge in [-0.3, -0.25) is 5.32 Å². The minimum Gasteiger partial charge on any atom is -0.497 e. The van der Waals surface area contributed by atoms with Gasteiger partial charge in [-0.05, 0) is 39.0 Å². The molecule has 1 aromatic carbocycles. The highest BCUT2D eigenvalue weighted by atomic mass is 19.1. The van der Waals surface area contributed by atoms with Crippen LogP contribution in [0.15, 0.2) is 23.9 Å². The van der Waals surface area contributed by atoms with Crippen LogP contribution in [0, 0.1) is 5.82 Å². The predicted molar refractivity (Wildman–Crippen MR) is 77.9 cm³/mol. The molecule has 0 fully saturated rings. The largest absolute Gasteiger partial charge is 0.497 e. The number of ether oxygens (including phenoxy) is 2. The van der Waals surface area contributed by atoms with E-state index in [1.54, 1.807) is 20.8 Å². The fourth-order valence-corrected chi connectivity index (χ4v) is 1.47. The third-order valence-corrected chi connectivity index (χ3v) is 2.37. The second kappa shape index (κ2) is 6.93. The van der Waals surface area contributed by atoms with Crippen LogP contribution in [0.2, 0.25) is 0 Å². The van der Waals surface area contributed by atoms with Crippen LogP contribution in [0.1, 0.15) is 26.3 Å². The zero-order valence-electron chi connectivity index (χ0n) is 12.8. The number of amides is 1. The number of carboxylic acid groups (broad SMARTS) is 1. The van der Waals surface area contributed by atoms with Gasteiger partial charge in [0, 0.05) is 11.6 Å². The van der Waals surface area contributed by atoms with E-state index in [4.69, 9.17) is 14.6 Å². The highest BCUT2D eigenvalue weighted by Gasteiger charge is 2.19. The lowest BCUT2D eigenvalue weighted by molar-refractivity contribution is -0.133. The second-order valence-electron chi connectivity index (χ2n) is 5.38. The Labute approximate surface area is 127 Å². The van der Waals surface area contributed by atoms with Gasteiger partial charge in [0.25, 0.3) is 0 Å².